The maximum Gasteiger partial charge on any atom is 0.337 e. The summed E-state index contributed by atoms with van der Waals surface area (Å²) in [7, 11) is 1.19. The fraction of sp³-hybridized carbons (Fsp3) is 0.182. The quantitative estimate of drug-likeness (QED) is 0.724. The second-order valence-electron chi connectivity index (χ2n) is 3.38. The second kappa shape index (κ2) is 6.60. The number of benzene rings is 1. The molecule has 1 aromatic carbocycles. The Morgan fingerprint density at radius 1 is 1.37 bits per heavy atom. The van der Waals surface area contributed by atoms with Gasteiger partial charge in [0.05, 0.1) is 17.7 Å². The number of hydrogen-bond acceptors (Lipinski definition) is 4. The van der Waals surface area contributed by atoms with Gasteiger partial charge in [0.2, 0.25) is 0 Å². The number of methoxy groups -OCH3 is 1. The first kappa shape index (κ1) is 14.8. The molecule has 0 aliphatic rings. The van der Waals surface area contributed by atoms with Crippen molar-refractivity contribution in [3.63, 3.8) is 0 Å². The van der Waals surface area contributed by atoms with Crippen LogP contribution in [-0.4, -0.2) is 36.7 Å². The fourth-order valence-electron chi connectivity index (χ4n) is 1.17. The zero-order valence-corrected chi connectivity index (χ0v) is 10.7. The van der Waals surface area contributed by atoms with E-state index >= 15 is 0 Å². The molecule has 1 rings (SSSR count). The third-order valence-corrected chi connectivity index (χ3v) is 2.41. The Kier molecular flexibility index (Phi) is 5.13. The average Bonchev–Trinajstić information content (AvgIpc) is 2.37. The van der Waals surface area contributed by atoms with Gasteiger partial charge in [0.25, 0.3) is 0 Å². The highest BCUT2D eigenvalue weighted by Gasteiger charge is 2.11. The molecule has 0 aliphatic heterocycles. The summed E-state index contributed by atoms with van der Waals surface area (Å²) in [5.41, 5.74) is 0.108. The molecule has 0 aromatic heterocycles. The first-order valence-electron chi connectivity index (χ1n) is 5.08. The lowest BCUT2D eigenvalue weighted by Gasteiger charge is -2.08. The predicted octanol–water partition coefficient (Wildman–Crippen LogP) is 1.33. The lowest BCUT2D eigenvalue weighted by Crippen LogP contribution is -2.33. The fourth-order valence-corrected chi connectivity index (χ4v) is 1.37. The summed E-state index contributed by atoms with van der Waals surface area (Å²) in [4.78, 5) is 33.0. The Bertz CT molecular complexity index is 518. The molecule has 0 fully saturated rings. The largest absolute Gasteiger partial charge is 0.478 e. The highest BCUT2D eigenvalue weighted by Crippen LogP contribution is 2.20. The van der Waals surface area contributed by atoms with E-state index in [0.717, 1.165) is 0 Å². The van der Waals surface area contributed by atoms with E-state index in [-0.39, 0.29) is 22.8 Å². The van der Waals surface area contributed by atoms with E-state index in [1.165, 1.54) is 25.3 Å². The minimum Gasteiger partial charge on any atom is -0.478 e. The number of anilines is 1. The maximum atomic E-state index is 11.4. The Morgan fingerprint density at radius 3 is 2.63 bits per heavy atom. The van der Waals surface area contributed by atoms with Crippen molar-refractivity contribution in [2.24, 2.45) is 0 Å². The minimum absolute atomic E-state index is 0.0630. The van der Waals surface area contributed by atoms with Crippen molar-refractivity contribution in [1.29, 1.82) is 0 Å². The summed E-state index contributed by atoms with van der Waals surface area (Å²) in [6.45, 7) is -0.290. The summed E-state index contributed by atoms with van der Waals surface area (Å²) >= 11 is 5.68. The van der Waals surface area contributed by atoms with Gasteiger partial charge in [-0.1, -0.05) is 11.6 Å². The van der Waals surface area contributed by atoms with Crippen molar-refractivity contribution in [2.75, 3.05) is 19.0 Å². The van der Waals surface area contributed by atoms with Gasteiger partial charge in [-0.15, -0.1) is 0 Å². The van der Waals surface area contributed by atoms with Crippen LogP contribution in [0.25, 0.3) is 0 Å². The first-order chi connectivity index (χ1) is 8.93. The smallest absolute Gasteiger partial charge is 0.337 e. The van der Waals surface area contributed by atoms with Crippen molar-refractivity contribution in [1.82, 2.24) is 5.32 Å². The summed E-state index contributed by atoms with van der Waals surface area (Å²) < 4.78 is 4.34. The number of carboxylic acid groups (broad SMARTS) is 1. The number of halogens is 1. The van der Waals surface area contributed by atoms with Crippen LogP contribution < -0.4 is 10.6 Å². The van der Waals surface area contributed by atoms with Gasteiger partial charge in [0, 0.05) is 5.69 Å². The van der Waals surface area contributed by atoms with E-state index in [0.29, 0.717) is 0 Å². The van der Waals surface area contributed by atoms with E-state index in [1.54, 1.807) is 0 Å². The van der Waals surface area contributed by atoms with Crippen molar-refractivity contribution < 1.29 is 24.2 Å². The number of hydrogen-bond donors (Lipinski definition) is 3. The highest BCUT2D eigenvalue weighted by atomic mass is 35.5. The monoisotopic (exact) mass is 286 g/mol. The summed E-state index contributed by atoms with van der Waals surface area (Å²) in [6.07, 6.45) is 0. The molecular weight excluding hydrogens is 276 g/mol. The summed E-state index contributed by atoms with van der Waals surface area (Å²) in [6, 6.07) is 3.33. The SMILES string of the molecule is COC(=O)CNC(=O)Nc1ccc(Cl)c(C(=O)O)c1. The number of rotatable bonds is 4. The molecule has 0 radical (unpaired) electrons. The van der Waals surface area contributed by atoms with Gasteiger partial charge < -0.3 is 20.5 Å². The van der Waals surface area contributed by atoms with Gasteiger partial charge in [-0.05, 0) is 18.2 Å². The number of carboxylic acids is 1. The zero-order valence-electron chi connectivity index (χ0n) is 9.90. The van der Waals surface area contributed by atoms with E-state index in [9.17, 15) is 14.4 Å². The van der Waals surface area contributed by atoms with Gasteiger partial charge in [0.1, 0.15) is 6.54 Å². The molecular formula is C11H11ClN2O5. The molecule has 0 bridgehead atoms. The molecule has 0 saturated carbocycles. The topological polar surface area (TPSA) is 105 Å². The third-order valence-electron chi connectivity index (χ3n) is 2.08. The number of amides is 2. The summed E-state index contributed by atoms with van der Waals surface area (Å²) in [5, 5.41) is 13.5. The van der Waals surface area contributed by atoms with Crippen molar-refractivity contribution in [3.8, 4) is 0 Å². The number of esters is 1. The molecule has 7 nitrogen and oxygen atoms in total. The van der Waals surface area contributed by atoms with Crippen LogP contribution in [-0.2, 0) is 9.53 Å². The lowest BCUT2D eigenvalue weighted by atomic mass is 10.2. The van der Waals surface area contributed by atoms with Crippen LogP contribution in [0.2, 0.25) is 5.02 Å². The molecule has 1 aromatic rings. The third kappa shape index (κ3) is 4.47. The predicted molar refractivity (Wildman–Crippen MR) is 67.4 cm³/mol. The van der Waals surface area contributed by atoms with Crippen LogP contribution in [0.3, 0.4) is 0 Å². The second-order valence-corrected chi connectivity index (χ2v) is 3.79. The molecule has 8 heteroatoms. The van der Waals surface area contributed by atoms with Crippen molar-refractivity contribution >= 4 is 35.3 Å². The van der Waals surface area contributed by atoms with Gasteiger partial charge in [-0.25, -0.2) is 9.59 Å². The molecule has 0 spiro atoms. The molecule has 2 amide bonds. The number of carbonyl (C=O) groups is 3. The number of ether oxygens (including phenoxy) is 1. The maximum absolute atomic E-state index is 11.4. The number of aromatic carboxylic acids is 1. The van der Waals surface area contributed by atoms with Crippen molar-refractivity contribution in [2.45, 2.75) is 0 Å². The van der Waals surface area contributed by atoms with Gasteiger partial charge in [0.15, 0.2) is 0 Å². The van der Waals surface area contributed by atoms with Crippen LogP contribution in [0.5, 0.6) is 0 Å². The molecule has 0 aliphatic carbocycles. The lowest BCUT2D eigenvalue weighted by molar-refractivity contribution is -0.139. The Labute approximate surface area is 113 Å². The molecule has 19 heavy (non-hydrogen) atoms. The average molecular weight is 287 g/mol. The molecule has 102 valence electrons. The van der Waals surface area contributed by atoms with Crippen molar-refractivity contribution in [3.05, 3.63) is 28.8 Å². The molecule has 3 N–H and O–H groups in total. The molecule has 0 saturated heterocycles. The van der Waals surface area contributed by atoms with E-state index < -0.39 is 18.0 Å². The van der Waals surface area contributed by atoms with Crippen LogP contribution in [0.4, 0.5) is 10.5 Å². The number of nitrogens with one attached hydrogen (secondary N) is 2. The first-order valence-corrected chi connectivity index (χ1v) is 5.46. The molecule has 0 heterocycles. The van der Waals surface area contributed by atoms with Gasteiger partial charge in [-0.2, -0.15) is 0 Å². The van der Waals surface area contributed by atoms with E-state index in [2.05, 4.69) is 15.4 Å². The van der Waals surface area contributed by atoms with Gasteiger partial charge >= 0.3 is 18.0 Å². The summed E-state index contributed by atoms with van der Waals surface area (Å²) in [5.74, 6) is -1.80. The van der Waals surface area contributed by atoms with E-state index in [4.69, 9.17) is 16.7 Å². The normalized spacial score (nSPS) is 9.58. The molecule has 0 atom stereocenters. The van der Waals surface area contributed by atoms with Crippen LogP contribution in [0, 0.1) is 0 Å². The Hall–Kier alpha value is -2.28. The van der Waals surface area contributed by atoms with Gasteiger partial charge in [-0.3, -0.25) is 4.79 Å². The Morgan fingerprint density at radius 2 is 2.05 bits per heavy atom. The minimum atomic E-state index is -1.20. The number of carbonyl (C=O) groups excluding carboxylic acids is 2. The zero-order chi connectivity index (χ0) is 14.4. The van der Waals surface area contributed by atoms with Crippen LogP contribution in [0.15, 0.2) is 18.2 Å². The van der Waals surface area contributed by atoms with Crippen LogP contribution in [0.1, 0.15) is 10.4 Å². The molecule has 0 unspecified atom stereocenters. The van der Waals surface area contributed by atoms with E-state index in [1.807, 2.05) is 0 Å². The standard InChI is InChI=1S/C11H11ClN2O5/c1-19-9(15)5-13-11(18)14-6-2-3-8(12)7(4-6)10(16)17/h2-4H,5H2,1H3,(H,16,17)(H2,13,14,18). The van der Waals surface area contributed by atoms with Crippen LogP contribution >= 0.6 is 11.6 Å². The highest BCUT2D eigenvalue weighted by molar-refractivity contribution is 6.33. The Balaban J connectivity index is 2.67. The number of urea groups is 1.